The van der Waals surface area contributed by atoms with E-state index in [0.29, 0.717) is 0 Å². The van der Waals surface area contributed by atoms with Crippen LogP contribution >= 0.6 is 11.3 Å². The molecule has 13 heteroatoms. The third-order valence-electron chi connectivity index (χ3n) is 3.83. The average Bonchev–Trinajstić information content (AvgIpc) is 3.28. The van der Waals surface area contributed by atoms with Gasteiger partial charge in [0.15, 0.2) is 16.5 Å². The summed E-state index contributed by atoms with van der Waals surface area (Å²) in [6.07, 6.45) is 0. The van der Waals surface area contributed by atoms with Crippen molar-refractivity contribution >= 4 is 40.0 Å². The molecule has 12 nitrogen and oxygen atoms in total. The van der Waals surface area contributed by atoms with Gasteiger partial charge in [0.25, 0.3) is 11.8 Å². The van der Waals surface area contributed by atoms with E-state index in [4.69, 9.17) is 11.0 Å². The van der Waals surface area contributed by atoms with Crippen LogP contribution in [0.25, 0.3) is 0 Å². The van der Waals surface area contributed by atoms with Crippen molar-refractivity contribution in [3.05, 3.63) is 22.3 Å². The van der Waals surface area contributed by atoms with Gasteiger partial charge in [-0.15, -0.1) is 11.3 Å². The fraction of sp³-hybridized carbons (Fsp3) is 0.286. The lowest BCUT2D eigenvalue weighted by Crippen LogP contribution is -2.46. The summed E-state index contributed by atoms with van der Waals surface area (Å²) in [6, 6.07) is 0.757. The number of hydrazine groups is 1. The number of thiazole rings is 1. The highest BCUT2D eigenvalue weighted by atomic mass is 32.1. The topological polar surface area (TPSA) is 174 Å². The van der Waals surface area contributed by atoms with E-state index in [1.54, 1.807) is 6.07 Å². The number of aliphatic carboxylic acids is 1. The monoisotopic (exact) mass is 391 g/mol. The zero-order chi connectivity index (χ0) is 19.7. The first-order valence-corrected chi connectivity index (χ1v) is 8.34. The SMILES string of the molecule is CO/N=C(\C(=O)NC1CN2CC(C#N)=C(C(=O)O)N2C1=O)c1csc(N)n1. The Balaban J connectivity index is 1.80. The lowest BCUT2D eigenvalue weighted by atomic mass is 10.2. The number of carboxylic acid groups (broad SMARTS) is 1. The van der Waals surface area contributed by atoms with Crippen LogP contribution in [-0.2, 0) is 19.2 Å². The van der Waals surface area contributed by atoms with E-state index in [1.165, 1.54) is 17.5 Å². The maximum absolute atomic E-state index is 12.6. The van der Waals surface area contributed by atoms with Crippen LogP contribution in [-0.4, -0.2) is 69.8 Å². The Labute approximate surface area is 156 Å². The van der Waals surface area contributed by atoms with Crippen molar-refractivity contribution in [3.8, 4) is 6.07 Å². The van der Waals surface area contributed by atoms with Gasteiger partial charge in [-0.2, -0.15) is 5.26 Å². The number of carbonyl (C=O) groups excluding carboxylic acids is 2. The molecule has 2 aliphatic rings. The number of carbonyl (C=O) groups is 3. The molecule has 0 aromatic carbocycles. The molecule has 140 valence electrons. The number of fused-ring (bicyclic) bond motifs is 1. The van der Waals surface area contributed by atoms with Crippen LogP contribution in [0, 0.1) is 11.3 Å². The molecule has 2 amide bonds. The van der Waals surface area contributed by atoms with Crippen LogP contribution in [0.5, 0.6) is 0 Å². The number of nitrogens with two attached hydrogens (primary N) is 1. The number of hydrogen-bond donors (Lipinski definition) is 3. The zero-order valence-electron chi connectivity index (χ0n) is 13.9. The molecule has 3 rings (SSSR count). The van der Waals surface area contributed by atoms with E-state index in [9.17, 15) is 19.5 Å². The highest BCUT2D eigenvalue weighted by Crippen LogP contribution is 2.29. The fourth-order valence-corrected chi connectivity index (χ4v) is 3.31. The lowest BCUT2D eigenvalue weighted by Gasteiger charge is -2.18. The Hall–Kier alpha value is -3.50. The molecule has 1 saturated heterocycles. The predicted molar refractivity (Wildman–Crippen MR) is 90.7 cm³/mol. The van der Waals surface area contributed by atoms with Crippen LogP contribution < -0.4 is 11.1 Å². The molecule has 27 heavy (non-hydrogen) atoms. The molecular weight excluding hydrogens is 378 g/mol. The molecule has 1 fully saturated rings. The van der Waals surface area contributed by atoms with Gasteiger partial charge < -0.3 is 21.0 Å². The van der Waals surface area contributed by atoms with E-state index in [-0.39, 0.29) is 35.2 Å². The number of aromatic nitrogens is 1. The zero-order valence-corrected chi connectivity index (χ0v) is 14.7. The minimum atomic E-state index is -1.39. The van der Waals surface area contributed by atoms with Crippen molar-refractivity contribution in [3.63, 3.8) is 0 Å². The molecule has 0 saturated carbocycles. The maximum Gasteiger partial charge on any atom is 0.355 e. The molecule has 0 aliphatic carbocycles. The van der Waals surface area contributed by atoms with Crippen LogP contribution in [0.3, 0.4) is 0 Å². The number of nitriles is 1. The van der Waals surface area contributed by atoms with Gasteiger partial charge in [0.1, 0.15) is 18.8 Å². The molecule has 1 unspecified atom stereocenters. The maximum atomic E-state index is 12.6. The van der Waals surface area contributed by atoms with Crippen molar-refractivity contribution < 1.29 is 24.3 Å². The normalized spacial score (nSPS) is 19.9. The van der Waals surface area contributed by atoms with E-state index in [0.717, 1.165) is 16.3 Å². The molecule has 1 atom stereocenters. The summed E-state index contributed by atoms with van der Waals surface area (Å²) in [5, 5.41) is 28.5. The van der Waals surface area contributed by atoms with E-state index in [2.05, 4.69) is 20.3 Å². The summed E-state index contributed by atoms with van der Waals surface area (Å²) in [6.45, 7) is -0.0239. The van der Waals surface area contributed by atoms with Gasteiger partial charge in [-0.3, -0.25) is 9.59 Å². The number of oxime groups is 1. The van der Waals surface area contributed by atoms with Gasteiger partial charge in [-0.1, -0.05) is 5.16 Å². The number of carboxylic acids is 1. The number of amides is 2. The summed E-state index contributed by atoms with van der Waals surface area (Å²) in [4.78, 5) is 45.1. The van der Waals surface area contributed by atoms with Crippen molar-refractivity contribution in [2.45, 2.75) is 6.04 Å². The summed E-state index contributed by atoms with van der Waals surface area (Å²) < 4.78 is 0. The molecule has 0 bridgehead atoms. The number of anilines is 1. The lowest BCUT2D eigenvalue weighted by molar-refractivity contribution is -0.143. The number of hydrogen-bond acceptors (Lipinski definition) is 10. The molecule has 1 aromatic heterocycles. The first-order chi connectivity index (χ1) is 12.9. The Morgan fingerprint density at radius 2 is 2.33 bits per heavy atom. The van der Waals surface area contributed by atoms with Gasteiger partial charge in [0, 0.05) is 11.9 Å². The fourth-order valence-electron chi connectivity index (χ4n) is 2.76. The van der Waals surface area contributed by atoms with Gasteiger partial charge >= 0.3 is 5.97 Å². The summed E-state index contributed by atoms with van der Waals surface area (Å²) in [7, 11) is 1.25. The number of nitrogens with one attached hydrogen (secondary N) is 1. The second-order valence-electron chi connectivity index (χ2n) is 5.46. The van der Waals surface area contributed by atoms with Crippen LogP contribution in [0.2, 0.25) is 0 Å². The van der Waals surface area contributed by atoms with E-state index in [1.807, 2.05) is 0 Å². The van der Waals surface area contributed by atoms with Crippen LogP contribution in [0.1, 0.15) is 5.69 Å². The average molecular weight is 391 g/mol. The summed E-state index contributed by atoms with van der Waals surface area (Å²) >= 11 is 1.10. The van der Waals surface area contributed by atoms with E-state index >= 15 is 0 Å². The second-order valence-corrected chi connectivity index (χ2v) is 6.35. The van der Waals surface area contributed by atoms with Crippen LogP contribution in [0.15, 0.2) is 21.8 Å². The largest absolute Gasteiger partial charge is 0.476 e. The summed E-state index contributed by atoms with van der Waals surface area (Å²) in [5.41, 5.74) is 5.13. The highest BCUT2D eigenvalue weighted by molar-refractivity contribution is 7.13. The molecular formula is C14H13N7O5S. The molecule has 0 spiro atoms. The minimum Gasteiger partial charge on any atom is -0.476 e. The third kappa shape index (κ3) is 3.18. The first-order valence-electron chi connectivity index (χ1n) is 7.46. The minimum absolute atomic E-state index is 0.00595. The molecule has 1 aromatic rings. The molecule has 0 radical (unpaired) electrons. The van der Waals surface area contributed by atoms with Crippen LogP contribution in [0.4, 0.5) is 5.13 Å². The Morgan fingerprint density at radius 1 is 1.59 bits per heavy atom. The number of nitrogen functional groups attached to an aromatic ring is 1. The Kier molecular flexibility index (Phi) is 4.75. The second kappa shape index (κ2) is 7.02. The smallest absolute Gasteiger partial charge is 0.355 e. The van der Waals surface area contributed by atoms with Gasteiger partial charge in [-0.25, -0.2) is 19.8 Å². The van der Waals surface area contributed by atoms with Crippen molar-refractivity contribution in [1.29, 1.82) is 5.26 Å². The molecule has 3 heterocycles. The molecule has 2 aliphatic heterocycles. The summed E-state index contributed by atoms with van der Waals surface area (Å²) in [5.74, 6) is -2.79. The Bertz CT molecular complexity index is 931. The van der Waals surface area contributed by atoms with E-state index < -0.39 is 29.5 Å². The van der Waals surface area contributed by atoms with Gasteiger partial charge in [0.2, 0.25) is 0 Å². The first kappa shape index (κ1) is 18.3. The predicted octanol–water partition coefficient (Wildman–Crippen LogP) is -1.50. The molecule has 4 N–H and O–H groups in total. The number of rotatable bonds is 5. The van der Waals surface area contributed by atoms with Gasteiger partial charge in [-0.05, 0) is 0 Å². The quantitative estimate of drug-likeness (QED) is 0.398. The Morgan fingerprint density at radius 3 is 2.89 bits per heavy atom. The van der Waals surface area contributed by atoms with Crippen molar-refractivity contribution in [2.24, 2.45) is 5.16 Å². The van der Waals surface area contributed by atoms with Crippen molar-refractivity contribution in [1.82, 2.24) is 20.3 Å². The highest BCUT2D eigenvalue weighted by Gasteiger charge is 2.48. The number of nitrogens with zero attached hydrogens (tertiary/aromatic N) is 5. The third-order valence-corrected chi connectivity index (χ3v) is 4.50. The standard InChI is InChI=1S/C14H13N7O5S/c1-26-19-9(8-5-27-14(16)18-8)11(22)17-7-4-20-3-6(2-15)10(13(24)25)21(20)12(7)23/h5,7H,3-4H2,1H3,(H2,16,18)(H,17,22)(H,24,25)/b19-9-. The van der Waals surface area contributed by atoms with Gasteiger partial charge in [0.05, 0.1) is 18.2 Å². The van der Waals surface area contributed by atoms with Crippen molar-refractivity contribution in [2.75, 3.05) is 25.9 Å².